The molecule has 3 aliphatic rings. The Balaban J connectivity index is 0.000000196. The van der Waals surface area contributed by atoms with Gasteiger partial charge in [0.05, 0.1) is 107 Å². The second-order valence-electron chi connectivity index (χ2n) is 21.8. The van der Waals surface area contributed by atoms with Crippen molar-refractivity contribution in [3.05, 3.63) is 236 Å². The van der Waals surface area contributed by atoms with Crippen LogP contribution in [0.2, 0.25) is 0 Å². The van der Waals surface area contributed by atoms with Crippen LogP contribution in [0, 0.1) is 0 Å². The van der Waals surface area contributed by atoms with Gasteiger partial charge in [0.25, 0.3) is 17.1 Å². The van der Waals surface area contributed by atoms with Gasteiger partial charge in [-0.3, -0.25) is 24.0 Å². The minimum absolute atomic E-state index is 0.00379. The van der Waals surface area contributed by atoms with Crippen molar-refractivity contribution in [2.24, 2.45) is 5.73 Å². The standard InChI is InChI=1S/C24H26N2O3S.C17H18BrNO2S.C12H17NO.C7H9NO.C5H2BrClOS.C5H3BrO2S.C2Cl2O2/c1-28-20-12-6-5-10-18(20)25-23-15-14-22(30-23)24(27)26-19-11-7-13-21(19)29-16-17-8-3-2-4-9-17;18-16-10-9-15(22-16)17(20)19-13-7-4-8-14(13)21-11-12-5-2-1-3-6-12;13-11-7-4-8-12(11)14-9-10-5-2-1-3-6-10;1-9-7-5-3-2-4-6(7)8;2*6-4-2-1-3(9-4)5(7)8;3-1(5)2(4)6/h2-6,8-10,12,14-15,19,21,25H,7,11,13,16H2,1H3,(H,26,27);1-3,5-6,9-10,13-14H,4,7-8,11H2,(H,19,20);1-3,5-6,11-12H,4,7-9,13H2;2-5H,8H2,1H3;1-2H;1-2H,(H,7,8);/t19-,21-;13-,14-;11-,12-;;;;/m000..../s1. The van der Waals surface area contributed by atoms with E-state index in [4.69, 9.17) is 51.9 Å². The second kappa shape index (κ2) is 44.8. The van der Waals surface area contributed by atoms with Gasteiger partial charge in [0.1, 0.15) is 16.4 Å². The van der Waals surface area contributed by atoms with E-state index in [2.05, 4.69) is 123 Å². The molecule has 0 bridgehead atoms. The van der Waals surface area contributed by atoms with Gasteiger partial charge in [-0.2, -0.15) is 0 Å². The van der Waals surface area contributed by atoms with E-state index in [0.29, 0.717) is 40.1 Å². The van der Waals surface area contributed by atoms with Gasteiger partial charge in [-0.1, -0.05) is 115 Å². The molecular formula is C72H75Br3Cl3N5O12S4. The maximum absolute atomic E-state index is 12.8. The zero-order chi connectivity index (χ0) is 71.5. The number of hydrogen-bond donors (Lipinski definition) is 6. The van der Waals surface area contributed by atoms with Crippen LogP contribution in [0.1, 0.15) is 113 Å². The number of carbonyl (C=O) groups is 6. The fourth-order valence-electron chi connectivity index (χ4n) is 9.91. The van der Waals surface area contributed by atoms with E-state index in [-0.39, 0.29) is 48.3 Å². The Hall–Kier alpha value is -6.33. The molecule has 4 heterocycles. The summed E-state index contributed by atoms with van der Waals surface area (Å²) in [6.45, 7) is 1.87. The van der Waals surface area contributed by atoms with Crippen molar-refractivity contribution in [1.82, 2.24) is 10.6 Å². The molecular weight excluding hydrogens is 1600 g/mol. The van der Waals surface area contributed by atoms with Gasteiger partial charge in [-0.15, -0.1) is 45.3 Å². The molecule has 99 heavy (non-hydrogen) atoms. The van der Waals surface area contributed by atoms with Crippen LogP contribution in [0.25, 0.3) is 0 Å². The first-order chi connectivity index (χ1) is 47.7. The predicted octanol–water partition coefficient (Wildman–Crippen LogP) is 18.7. The molecule has 9 aromatic rings. The number of amides is 2. The number of ether oxygens (including phenoxy) is 5. The number of rotatable bonds is 20. The highest BCUT2D eigenvalue weighted by molar-refractivity contribution is 9.11. The summed E-state index contributed by atoms with van der Waals surface area (Å²) in [4.78, 5) is 66.9. The number of hydrogen-bond acceptors (Lipinski definition) is 18. The first-order valence-electron chi connectivity index (χ1n) is 31.0. The number of nitrogens with one attached hydrogen (secondary N) is 3. The number of halogens is 6. The Bertz CT molecular complexity index is 3870. The summed E-state index contributed by atoms with van der Waals surface area (Å²) in [5, 5.41) is 16.2. The topological polar surface area (TPSA) is 257 Å². The monoisotopic (exact) mass is 1670 g/mol. The Morgan fingerprint density at radius 3 is 1.22 bits per heavy atom. The molecule has 3 aliphatic carbocycles. The molecule has 3 fully saturated rings. The van der Waals surface area contributed by atoms with Crippen LogP contribution in [-0.2, 0) is 43.6 Å². The lowest BCUT2D eigenvalue weighted by Gasteiger charge is -2.21. The SMILES string of the molecule is COc1ccccc1N.COc1ccccc1Nc1ccc(C(=O)N[C@H]2CCC[C@@H]2OCc2ccccc2)s1.N[C@H]1CCC[C@@H]1OCc1ccccc1.O=C(Cl)C(=O)Cl.O=C(Cl)c1ccc(Br)s1.O=C(N[C@H]1CCC[C@@H]1OCc1ccccc1)c1ccc(Br)s1.O=C(O)c1ccc(Br)s1. The Labute approximate surface area is 632 Å². The number of benzene rings is 5. The van der Waals surface area contributed by atoms with Gasteiger partial charge in [0.2, 0.25) is 0 Å². The molecule has 0 unspecified atom stereocenters. The first-order valence-corrected chi connectivity index (χ1v) is 37.8. The van der Waals surface area contributed by atoms with Gasteiger partial charge in [0, 0.05) is 6.04 Å². The normalized spacial score (nSPS) is 16.9. The average Bonchev–Trinajstić information content (AvgIpc) is 1.76. The van der Waals surface area contributed by atoms with Crippen molar-refractivity contribution in [2.45, 2.75) is 114 Å². The molecule has 8 N–H and O–H groups in total. The third-order valence-corrected chi connectivity index (χ3v) is 21.4. The molecule has 2 amide bonds. The smallest absolute Gasteiger partial charge is 0.345 e. The first kappa shape index (κ1) is 81.6. The van der Waals surface area contributed by atoms with Crippen molar-refractivity contribution in [2.75, 3.05) is 25.3 Å². The van der Waals surface area contributed by atoms with Crippen molar-refractivity contribution in [3.63, 3.8) is 0 Å². The lowest BCUT2D eigenvalue weighted by molar-refractivity contribution is -0.127. The minimum Gasteiger partial charge on any atom is -0.495 e. The highest BCUT2D eigenvalue weighted by Crippen LogP contribution is 2.33. The summed E-state index contributed by atoms with van der Waals surface area (Å²) in [6.07, 6.45) is 9.94. The van der Waals surface area contributed by atoms with Crippen LogP contribution in [0.15, 0.2) is 199 Å². The van der Waals surface area contributed by atoms with Crippen LogP contribution < -0.4 is 36.9 Å². The average molecular weight is 1680 g/mol. The van der Waals surface area contributed by atoms with E-state index in [0.717, 1.165) is 95.4 Å². The molecule has 4 aromatic heterocycles. The molecule has 0 spiro atoms. The molecule has 27 heteroatoms. The molecule has 0 radical (unpaired) electrons. The molecule has 17 nitrogen and oxygen atoms in total. The summed E-state index contributed by atoms with van der Waals surface area (Å²) < 4.78 is 30.9. The maximum Gasteiger partial charge on any atom is 0.345 e. The van der Waals surface area contributed by atoms with Crippen LogP contribution in [0.5, 0.6) is 11.5 Å². The fraction of sp³-hybridized carbons (Fsp3) is 0.278. The summed E-state index contributed by atoms with van der Waals surface area (Å²) in [5.74, 6) is 0.577. The number of methoxy groups -OCH3 is 2. The zero-order valence-corrected chi connectivity index (χ0v) is 64.1. The van der Waals surface area contributed by atoms with Crippen LogP contribution in [0.4, 0.5) is 16.4 Å². The largest absolute Gasteiger partial charge is 0.495 e. The van der Waals surface area contributed by atoms with E-state index < -0.39 is 21.7 Å². The third-order valence-electron chi connectivity index (χ3n) is 14.8. The molecule has 0 saturated heterocycles. The number of carboxylic acids is 1. The van der Waals surface area contributed by atoms with Crippen molar-refractivity contribution in [1.29, 1.82) is 0 Å². The van der Waals surface area contributed by atoms with E-state index in [1.165, 1.54) is 62.9 Å². The third kappa shape index (κ3) is 30.0. The summed E-state index contributed by atoms with van der Waals surface area (Å²) in [5.41, 5.74) is 16.5. The summed E-state index contributed by atoms with van der Waals surface area (Å²) >= 11 is 29.3. The number of para-hydroxylation sites is 4. The van der Waals surface area contributed by atoms with Crippen LogP contribution in [0.3, 0.4) is 0 Å². The highest BCUT2D eigenvalue weighted by atomic mass is 79.9. The number of anilines is 3. The van der Waals surface area contributed by atoms with Crippen molar-refractivity contribution < 1.29 is 57.6 Å². The molecule has 5 aromatic carbocycles. The molecule has 3 saturated carbocycles. The number of aromatic carboxylic acids is 1. The number of thiophene rings is 4. The van der Waals surface area contributed by atoms with Gasteiger partial charge in [-0.05, 0) is 230 Å². The molecule has 0 aliphatic heterocycles. The lowest BCUT2D eigenvalue weighted by atomic mass is 10.2. The van der Waals surface area contributed by atoms with Gasteiger partial charge in [-0.25, -0.2) is 4.79 Å². The Kier molecular flexibility index (Phi) is 37.0. The minimum atomic E-state index is -1.14. The fourth-order valence-corrected chi connectivity index (χ4v) is 14.6. The number of carbonyl (C=O) groups excluding carboxylic acids is 5. The van der Waals surface area contributed by atoms with E-state index in [9.17, 15) is 28.8 Å². The molecule has 526 valence electrons. The van der Waals surface area contributed by atoms with Gasteiger partial charge in [0.15, 0.2) is 0 Å². The lowest BCUT2D eigenvalue weighted by Crippen LogP contribution is -2.40. The summed E-state index contributed by atoms with van der Waals surface area (Å²) in [6, 6.07) is 60.4. The van der Waals surface area contributed by atoms with E-state index >= 15 is 0 Å². The highest BCUT2D eigenvalue weighted by Gasteiger charge is 2.32. The predicted molar refractivity (Wildman–Crippen MR) is 410 cm³/mol. The Morgan fingerprint density at radius 2 is 0.848 bits per heavy atom. The maximum atomic E-state index is 12.8. The number of carboxylic acid groups (broad SMARTS) is 1. The summed E-state index contributed by atoms with van der Waals surface area (Å²) in [7, 11) is 3.25. The van der Waals surface area contributed by atoms with Crippen molar-refractivity contribution >= 4 is 178 Å². The van der Waals surface area contributed by atoms with E-state index in [1.807, 2.05) is 121 Å². The Morgan fingerprint density at radius 1 is 0.465 bits per heavy atom. The second-order valence-corrected chi connectivity index (χ2v) is 31.3. The quantitative estimate of drug-likeness (QED) is 0.0236. The van der Waals surface area contributed by atoms with Gasteiger partial charge < -0.3 is 56.2 Å². The van der Waals surface area contributed by atoms with Crippen LogP contribution in [-0.4, -0.2) is 89.3 Å². The zero-order valence-electron chi connectivity index (χ0n) is 53.8. The van der Waals surface area contributed by atoms with Crippen molar-refractivity contribution in [3.8, 4) is 11.5 Å². The molecule has 6 atom stereocenters. The number of nitrogens with two attached hydrogens (primary N) is 2. The molecule has 12 rings (SSSR count). The van der Waals surface area contributed by atoms with E-state index in [1.54, 1.807) is 44.6 Å². The number of nitrogen functional groups attached to an aromatic ring is 1. The van der Waals surface area contributed by atoms with Gasteiger partial charge >= 0.3 is 16.5 Å². The van der Waals surface area contributed by atoms with Crippen LogP contribution >= 0.6 is 128 Å².